The molecule has 4 aliphatic rings. The fourth-order valence-corrected chi connectivity index (χ4v) is 12.0. The standard InChI is InChI=1S/C75H64N2O/c1-6-54(55-25-13-9-14-26-55)27-21-47-76(62(7-2)30-19-24-53-22-11-8-12-23-53)52(3)35-36-61-51-75(4,5)70-50-60(41-44-64(61)70)59-43-46-72-69(49-59)68-48-58(42-45-71(68)77(72)63-28-15-10-16-29-63)56-37-39-57(40-38-56)65-32-20-33-67-66-31-17-18-34-73(66)78-74(65)67/h6-22,24-39,41-49,51,53,57,70H,1-3,23,40,50H2,4-5H3. The summed E-state index contributed by atoms with van der Waals surface area (Å²) in [5.41, 5.74) is 18.3. The van der Waals surface area contributed by atoms with Crippen molar-refractivity contribution < 1.29 is 4.42 Å². The first-order valence-corrected chi connectivity index (χ1v) is 27.4. The monoisotopic (exact) mass is 1010 g/mol. The van der Waals surface area contributed by atoms with Crippen molar-refractivity contribution in [2.24, 2.45) is 17.3 Å². The Balaban J connectivity index is 0.839. The van der Waals surface area contributed by atoms with E-state index in [4.69, 9.17) is 4.42 Å². The average molecular weight is 1010 g/mol. The fourth-order valence-electron chi connectivity index (χ4n) is 12.0. The van der Waals surface area contributed by atoms with Crippen molar-refractivity contribution in [3.63, 3.8) is 0 Å². The Morgan fingerprint density at radius 3 is 2.23 bits per heavy atom. The number of hydrogen-bond donors (Lipinski definition) is 0. The fraction of sp³-hybridized carbons (Fsp3) is 0.120. The van der Waals surface area contributed by atoms with Gasteiger partial charge in [0.05, 0.1) is 11.0 Å². The molecule has 3 atom stereocenters. The molecule has 0 fully saturated rings. The third-order valence-electron chi connectivity index (χ3n) is 16.2. The highest BCUT2D eigenvalue weighted by Gasteiger charge is 2.39. The molecule has 3 heteroatoms. The molecular formula is C75H64N2O. The summed E-state index contributed by atoms with van der Waals surface area (Å²) in [6, 6.07) is 50.2. The molecule has 3 nitrogen and oxygen atoms in total. The van der Waals surface area contributed by atoms with Gasteiger partial charge in [0.1, 0.15) is 11.2 Å². The molecule has 78 heavy (non-hydrogen) atoms. The highest BCUT2D eigenvalue weighted by Crippen LogP contribution is 2.52. The predicted octanol–water partition coefficient (Wildman–Crippen LogP) is 20.0. The molecule has 380 valence electrons. The van der Waals surface area contributed by atoms with E-state index >= 15 is 0 Å². The van der Waals surface area contributed by atoms with Gasteiger partial charge < -0.3 is 13.9 Å². The molecule has 0 bridgehead atoms. The maximum Gasteiger partial charge on any atom is 0.139 e. The van der Waals surface area contributed by atoms with Gasteiger partial charge in [-0.15, -0.1) is 0 Å². The van der Waals surface area contributed by atoms with Crippen molar-refractivity contribution in [2.45, 2.75) is 39.0 Å². The number of hydrogen-bond acceptors (Lipinski definition) is 2. The second-order valence-electron chi connectivity index (χ2n) is 21.4. The van der Waals surface area contributed by atoms with Crippen LogP contribution in [0.25, 0.3) is 66.2 Å². The molecule has 8 aromatic rings. The quantitative estimate of drug-likeness (QED) is 0.0955. The van der Waals surface area contributed by atoms with Crippen LogP contribution in [0.3, 0.4) is 0 Å². The van der Waals surface area contributed by atoms with Crippen LogP contribution in [0, 0.1) is 17.3 Å². The minimum absolute atomic E-state index is 0.0594. The van der Waals surface area contributed by atoms with Crippen molar-refractivity contribution in [2.75, 3.05) is 0 Å². The largest absolute Gasteiger partial charge is 0.456 e. The van der Waals surface area contributed by atoms with Crippen LogP contribution in [0.15, 0.2) is 308 Å². The molecule has 0 radical (unpaired) electrons. The van der Waals surface area contributed by atoms with Crippen molar-refractivity contribution in [3.8, 4) is 5.69 Å². The van der Waals surface area contributed by atoms with Crippen LogP contribution in [0.5, 0.6) is 0 Å². The molecule has 0 aliphatic heterocycles. The zero-order valence-corrected chi connectivity index (χ0v) is 44.6. The van der Waals surface area contributed by atoms with E-state index in [2.05, 4.69) is 280 Å². The molecule has 0 saturated carbocycles. The highest BCUT2D eigenvalue weighted by molar-refractivity contribution is 6.11. The molecule has 12 rings (SSSR count). The van der Waals surface area contributed by atoms with Gasteiger partial charge in [-0.25, -0.2) is 0 Å². The number of furan rings is 1. The molecule has 6 aromatic carbocycles. The van der Waals surface area contributed by atoms with Crippen molar-refractivity contribution >= 4 is 60.5 Å². The summed E-state index contributed by atoms with van der Waals surface area (Å²) >= 11 is 0. The maximum atomic E-state index is 6.46. The smallest absolute Gasteiger partial charge is 0.139 e. The van der Waals surface area contributed by atoms with E-state index in [1.807, 2.05) is 24.3 Å². The van der Waals surface area contributed by atoms with E-state index < -0.39 is 0 Å². The van der Waals surface area contributed by atoms with E-state index in [9.17, 15) is 0 Å². The molecule has 2 aromatic heterocycles. The topological polar surface area (TPSA) is 21.3 Å². The lowest BCUT2D eigenvalue weighted by Gasteiger charge is -2.31. The zero-order chi connectivity index (χ0) is 53.2. The first kappa shape index (κ1) is 49.7. The number of benzene rings is 6. The average Bonchev–Trinajstić information content (AvgIpc) is 4.33. The van der Waals surface area contributed by atoms with E-state index in [0.29, 0.717) is 11.8 Å². The number of fused-ring (bicyclic) bond motifs is 7. The van der Waals surface area contributed by atoms with E-state index in [-0.39, 0.29) is 11.3 Å². The van der Waals surface area contributed by atoms with Gasteiger partial charge in [0, 0.05) is 56.3 Å². The van der Waals surface area contributed by atoms with Gasteiger partial charge >= 0.3 is 0 Å². The molecule has 0 amide bonds. The van der Waals surface area contributed by atoms with Crippen LogP contribution in [0.1, 0.15) is 61.3 Å². The van der Waals surface area contributed by atoms with Crippen molar-refractivity contribution in [1.82, 2.24) is 9.47 Å². The number of aromatic nitrogens is 1. The first-order valence-electron chi connectivity index (χ1n) is 27.4. The SMILES string of the molecule is C=CC(=CC=CN(C(=C)C=CC1=CC(C)(C)C2CC(c3ccc4c(c3)c3cc(C5=CCC(c6cccc7c6oc6ccccc67)C=C5)ccc3n4-c3ccccc3)=CC=C12)C(C=C)=CC=CC1C=CC=CC1)c1ccccc1. The molecule has 0 N–H and O–H groups in total. The van der Waals surface area contributed by atoms with Crippen LogP contribution in [0.4, 0.5) is 0 Å². The van der Waals surface area contributed by atoms with Crippen LogP contribution in [-0.2, 0) is 0 Å². The number of rotatable bonds is 15. The van der Waals surface area contributed by atoms with Gasteiger partial charge in [0.25, 0.3) is 0 Å². The summed E-state index contributed by atoms with van der Waals surface area (Å²) in [6.45, 7) is 17.7. The summed E-state index contributed by atoms with van der Waals surface area (Å²) in [6.07, 6.45) is 46.7. The minimum atomic E-state index is -0.0594. The summed E-state index contributed by atoms with van der Waals surface area (Å²) in [5.74, 6) is 0.921. The predicted molar refractivity (Wildman–Crippen MR) is 333 cm³/mol. The lowest BCUT2D eigenvalue weighted by atomic mass is 9.73. The van der Waals surface area contributed by atoms with Gasteiger partial charge in [0.15, 0.2) is 0 Å². The van der Waals surface area contributed by atoms with Crippen LogP contribution in [-0.4, -0.2) is 9.47 Å². The molecule has 0 saturated heterocycles. The molecule has 3 unspecified atom stereocenters. The van der Waals surface area contributed by atoms with Gasteiger partial charge in [-0.1, -0.05) is 222 Å². The molecular weight excluding hydrogens is 945 g/mol. The third-order valence-corrected chi connectivity index (χ3v) is 16.2. The van der Waals surface area contributed by atoms with Crippen molar-refractivity contribution in [3.05, 3.63) is 326 Å². The number of para-hydroxylation sites is 3. The Kier molecular flexibility index (Phi) is 13.7. The van der Waals surface area contributed by atoms with E-state index in [0.717, 1.165) is 58.6 Å². The Morgan fingerprint density at radius 1 is 0.718 bits per heavy atom. The first-order chi connectivity index (χ1) is 38.2. The second-order valence-corrected chi connectivity index (χ2v) is 21.4. The molecule has 4 aliphatic carbocycles. The minimum Gasteiger partial charge on any atom is -0.456 e. The van der Waals surface area contributed by atoms with Crippen LogP contribution in [0.2, 0.25) is 0 Å². The van der Waals surface area contributed by atoms with E-state index in [1.54, 1.807) is 0 Å². The second kappa shape index (κ2) is 21.4. The van der Waals surface area contributed by atoms with E-state index in [1.165, 1.54) is 71.6 Å². The molecule has 2 heterocycles. The van der Waals surface area contributed by atoms with Gasteiger partial charge in [-0.3, -0.25) is 0 Å². The summed E-state index contributed by atoms with van der Waals surface area (Å²) in [4.78, 5) is 2.11. The summed E-state index contributed by atoms with van der Waals surface area (Å²) in [7, 11) is 0. The van der Waals surface area contributed by atoms with Crippen LogP contribution >= 0.6 is 0 Å². The Hall–Kier alpha value is -9.18. The van der Waals surface area contributed by atoms with Gasteiger partial charge in [-0.05, 0) is 148 Å². The Morgan fingerprint density at radius 2 is 1.47 bits per heavy atom. The van der Waals surface area contributed by atoms with Gasteiger partial charge in [0.2, 0.25) is 0 Å². The third kappa shape index (κ3) is 9.69. The number of allylic oxidation sites excluding steroid dienone is 24. The summed E-state index contributed by atoms with van der Waals surface area (Å²) in [5, 5.41) is 4.85. The Labute approximate surface area is 459 Å². The summed E-state index contributed by atoms with van der Waals surface area (Å²) < 4.78 is 8.88. The lowest BCUT2D eigenvalue weighted by Crippen LogP contribution is -2.20. The number of nitrogens with zero attached hydrogens (tertiary/aromatic N) is 2. The lowest BCUT2D eigenvalue weighted by molar-refractivity contribution is 0.354. The van der Waals surface area contributed by atoms with Crippen molar-refractivity contribution in [1.29, 1.82) is 0 Å². The highest BCUT2D eigenvalue weighted by atomic mass is 16.3. The van der Waals surface area contributed by atoms with Gasteiger partial charge in [-0.2, -0.15) is 0 Å². The van der Waals surface area contributed by atoms with Crippen LogP contribution < -0.4 is 0 Å². The maximum absolute atomic E-state index is 6.46. The normalized spacial score (nSPS) is 19.3. The zero-order valence-electron chi connectivity index (χ0n) is 44.6. The molecule has 0 spiro atoms. The Bertz CT molecular complexity index is 4080.